The normalized spacial score (nSPS) is 24.7. The van der Waals surface area contributed by atoms with Gasteiger partial charge in [-0.05, 0) is 43.7 Å². The van der Waals surface area contributed by atoms with E-state index in [1.807, 2.05) is 12.3 Å². The highest BCUT2D eigenvalue weighted by Gasteiger charge is 2.36. The van der Waals surface area contributed by atoms with Crippen LogP contribution in [-0.2, 0) is 0 Å². The van der Waals surface area contributed by atoms with E-state index < -0.39 is 0 Å². The summed E-state index contributed by atoms with van der Waals surface area (Å²) in [4.78, 5) is 9.85. The Hall–Kier alpha value is -2.71. The maximum absolute atomic E-state index is 14.7. The van der Waals surface area contributed by atoms with Gasteiger partial charge in [-0.2, -0.15) is 5.10 Å². The second-order valence-corrected chi connectivity index (χ2v) is 8.46. The van der Waals surface area contributed by atoms with E-state index in [1.165, 1.54) is 25.5 Å². The van der Waals surface area contributed by atoms with Crippen molar-refractivity contribution in [2.24, 2.45) is 0 Å². The number of piperazine rings is 1. The molecule has 0 radical (unpaired) electrons. The van der Waals surface area contributed by atoms with E-state index in [9.17, 15) is 4.39 Å². The standard InChI is InChI=1S/C22H25FN6O/c23-20-4-3-17-10-18(20)19-11-25-29-8-5-21(26-22(19)29)24-6-9-28-12-15-2-1-7-27(15)13-16(28)14-30-17/h3-5,8,10-11,15-16H,1-2,6-7,9,12-14H2,(H,24,26)/t15-,16+/m1/s1. The molecule has 0 aliphatic carbocycles. The molecule has 7 nitrogen and oxygen atoms in total. The Bertz CT molecular complexity index is 1080. The summed E-state index contributed by atoms with van der Waals surface area (Å²) >= 11 is 0. The maximum Gasteiger partial charge on any atom is 0.165 e. The highest BCUT2D eigenvalue weighted by atomic mass is 19.1. The molecule has 1 N–H and O–H groups in total. The number of nitrogens with one attached hydrogen (secondary N) is 1. The van der Waals surface area contributed by atoms with Crippen molar-refractivity contribution in [3.8, 4) is 16.9 Å². The van der Waals surface area contributed by atoms with Crippen molar-refractivity contribution in [2.75, 3.05) is 44.6 Å². The SMILES string of the molecule is Fc1ccc2cc1-c1cnn3ccc(nc13)NCCN1C[C@H]3CCCN3C[C@H]1CO2. The van der Waals surface area contributed by atoms with Gasteiger partial charge in [-0.1, -0.05) is 0 Å². The van der Waals surface area contributed by atoms with Gasteiger partial charge in [0.25, 0.3) is 0 Å². The van der Waals surface area contributed by atoms with Crippen LogP contribution in [0.4, 0.5) is 10.2 Å². The first-order chi connectivity index (χ1) is 14.7. The molecule has 2 fully saturated rings. The number of fused-ring (bicyclic) bond motifs is 6. The molecule has 8 heteroatoms. The second kappa shape index (κ2) is 7.21. The Balaban J connectivity index is 1.39. The molecule has 156 valence electrons. The van der Waals surface area contributed by atoms with Crippen LogP contribution in [-0.4, -0.2) is 75.8 Å². The number of anilines is 1. The van der Waals surface area contributed by atoms with Gasteiger partial charge in [-0.25, -0.2) is 13.9 Å². The summed E-state index contributed by atoms with van der Waals surface area (Å²) in [5, 5.41) is 7.79. The largest absolute Gasteiger partial charge is 0.492 e. The molecule has 5 heterocycles. The fourth-order valence-corrected chi connectivity index (χ4v) is 5.06. The van der Waals surface area contributed by atoms with Crippen molar-refractivity contribution in [1.82, 2.24) is 24.4 Å². The van der Waals surface area contributed by atoms with E-state index in [0.29, 0.717) is 41.2 Å². The quantitative estimate of drug-likeness (QED) is 0.617. The van der Waals surface area contributed by atoms with E-state index in [-0.39, 0.29) is 5.82 Å². The zero-order chi connectivity index (χ0) is 20.1. The first-order valence-electron chi connectivity index (χ1n) is 10.7. The third-order valence-corrected chi connectivity index (χ3v) is 6.65. The van der Waals surface area contributed by atoms with Crippen LogP contribution < -0.4 is 10.1 Å². The van der Waals surface area contributed by atoms with Gasteiger partial charge in [-0.15, -0.1) is 0 Å². The van der Waals surface area contributed by atoms with Gasteiger partial charge in [0.1, 0.15) is 24.0 Å². The lowest BCUT2D eigenvalue weighted by atomic mass is 10.1. The van der Waals surface area contributed by atoms with Gasteiger partial charge in [0, 0.05) is 49.5 Å². The van der Waals surface area contributed by atoms with Gasteiger partial charge in [0.05, 0.1) is 12.2 Å². The topological polar surface area (TPSA) is 57.9 Å². The minimum atomic E-state index is -0.302. The number of halogens is 1. The summed E-state index contributed by atoms with van der Waals surface area (Å²) < 4.78 is 22.6. The average molecular weight is 408 g/mol. The van der Waals surface area contributed by atoms with Crippen LogP contribution in [0.3, 0.4) is 0 Å². The minimum Gasteiger partial charge on any atom is -0.492 e. The van der Waals surface area contributed by atoms with Crippen LogP contribution in [0.1, 0.15) is 12.8 Å². The zero-order valence-electron chi connectivity index (χ0n) is 16.8. The van der Waals surface area contributed by atoms with Crippen molar-refractivity contribution in [2.45, 2.75) is 24.9 Å². The van der Waals surface area contributed by atoms with Crippen molar-refractivity contribution in [3.63, 3.8) is 0 Å². The molecule has 2 atom stereocenters. The van der Waals surface area contributed by atoms with Crippen LogP contribution in [0.25, 0.3) is 16.8 Å². The predicted octanol–water partition coefficient (Wildman–Crippen LogP) is 2.49. The number of hydrogen-bond acceptors (Lipinski definition) is 6. The molecule has 6 rings (SSSR count). The molecular weight excluding hydrogens is 383 g/mol. The maximum atomic E-state index is 14.7. The molecular formula is C22H25FN6O. The van der Waals surface area contributed by atoms with Crippen molar-refractivity contribution in [3.05, 3.63) is 42.5 Å². The van der Waals surface area contributed by atoms with Crippen molar-refractivity contribution >= 4 is 11.5 Å². The molecule has 0 amide bonds. The first-order valence-corrected chi connectivity index (χ1v) is 10.7. The number of aromatic nitrogens is 3. The van der Waals surface area contributed by atoms with Gasteiger partial charge >= 0.3 is 0 Å². The lowest BCUT2D eigenvalue weighted by Crippen LogP contribution is -2.58. The molecule has 4 bridgehead atoms. The van der Waals surface area contributed by atoms with E-state index >= 15 is 0 Å². The minimum absolute atomic E-state index is 0.302. The summed E-state index contributed by atoms with van der Waals surface area (Å²) in [7, 11) is 0. The third-order valence-electron chi connectivity index (χ3n) is 6.65. The van der Waals surface area contributed by atoms with Crippen molar-refractivity contribution < 1.29 is 9.13 Å². The fourth-order valence-electron chi connectivity index (χ4n) is 5.06. The molecule has 3 aliphatic rings. The molecule has 2 saturated heterocycles. The Morgan fingerprint density at radius 3 is 2.93 bits per heavy atom. The number of nitrogens with zero attached hydrogens (tertiary/aromatic N) is 5. The van der Waals surface area contributed by atoms with Crippen LogP contribution >= 0.6 is 0 Å². The highest BCUT2D eigenvalue weighted by Crippen LogP contribution is 2.31. The van der Waals surface area contributed by atoms with E-state index in [1.54, 1.807) is 22.8 Å². The Labute approximate surface area is 174 Å². The molecule has 2 aromatic heterocycles. The number of rotatable bonds is 0. The predicted molar refractivity (Wildman–Crippen MR) is 112 cm³/mol. The number of ether oxygens (including phenoxy) is 1. The van der Waals surface area contributed by atoms with Crippen LogP contribution in [0.5, 0.6) is 5.75 Å². The van der Waals surface area contributed by atoms with Crippen LogP contribution in [0.2, 0.25) is 0 Å². The van der Waals surface area contributed by atoms with E-state index in [4.69, 9.17) is 9.72 Å². The summed E-state index contributed by atoms with van der Waals surface area (Å²) in [5.74, 6) is 1.16. The van der Waals surface area contributed by atoms with Crippen LogP contribution in [0.15, 0.2) is 36.7 Å². The smallest absolute Gasteiger partial charge is 0.165 e. The fraction of sp³-hybridized carbons (Fsp3) is 0.455. The van der Waals surface area contributed by atoms with Gasteiger partial charge in [-0.3, -0.25) is 9.80 Å². The number of hydrogen-bond donors (Lipinski definition) is 1. The summed E-state index contributed by atoms with van der Waals surface area (Å²) in [6.45, 7) is 5.62. The molecule has 0 saturated carbocycles. The highest BCUT2D eigenvalue weighted by molar-refractivity contribution is 5.78. The molecule has 3 aromatic rings. The molecule has 0 unspecified atom stereocenters. The monoisotopic (exact) mass is 408 g/mol. The van der Waals surface area contributed by atoms with E-state index in [2.05, 4.69) is 20.2 Å². The Morgan fingerprint density at radius 2 is 1.97 bits per heavy atom. The number of benzene rings is 1. The van der Waals surface area contributed by atoms with Gasteiger partial charge < -0.3 is 10.1 Å². The van der Waals surface area contributed by atoms with Gasteiger partial charge in [0.15, 0.2) is 5.65 Å². The summed E-state index contributed by atoms with van der Waals surface area (Å²) in [5.41, 5.74) is 1.76. The Morgan fingerprint density at radius 1 is 1.07 bits per heavy atom. The Kier molecular flexibility index (Phi) is 4.35. The second-order valence-electron chi connectivity index (χ2n) is 8.46. The van der Waals surface area contributed by atoms with Crippen molar-refractivity contribution in [1.29, 1.82) is 0 Å². The van der Waals surface area contributed by atoms with Gasteiger partial charge in [0.2, 0.25) is 0 Å². The third kappa shape index (κ3) is 3.11. The zero-order valence-corrected chi connectivity index (χ0v) is 16.8. The molecule has 0 spiro atoms. The van der Waals surface area contributed by atoms with Crippen LogP contribution in [0, 0.1) is 5.82 Å². The lowest BCUT2D eigenvalue weighted by Gasteiger charge is -2.43. The lowest BCUT2D eigenvalue weighted by molar-refractivity contribution is 0.0301. The molecule has 1 aromatic carbocycles. The molecule has 30 heavy (non-hydrogen) atoms. The summed E-state index contributed by atoms with van der Waals surface area (Å²) in [6.07, 6.45) is 6.08. The first kappa shape index (κ1) is 18.1. The molecule has 3 aliphatic heterocycles. The average Bonchev–Trinajstić information content (AvgIpc) is 3.38. The van der Waals surface area contributed by atoms with E-state index in [0.717, 1.165) is 32.0 Å². The summed E-state index contributed by atoms with van der Waals surface area (Å²) in [6, 6.07) is 7.84.